The normalized spacial score (nSPS) is 12.1. The van der Waals surface area contributed by atoms with Crippen molar-refractivity contribution in [3.63, 3.8) is 0 Å². The number of hydrogen-bond acceptors (Lipinski definition) is 3. The first-order valence-corrected chi connectivity index (χ1v) is 15.7. The van der Waals surface area contributed by atoms with Gasteiger partial charge in [-0.05, 0) is 79.2 Å². The molecular weight excluding hydrogens is 648 g/mol. The Morgan fingerprint density at radius 1 is 0.717 bits per heavy atom. The fraction of sp³-hybridized carbons (Fsp3) is 0.0882. The number of ketones is 1. The van der Waals surface area contributed by atoms with E-state index in [-0.39, 0.29) is 10.7 Å². The van der Waals surface area contributed by atoms with Crippen LogP contribution in [0.15, 0.2) is 146 Å². The number of halogens is 7. The Kier molecular flexibility index (Phi) is 11.3. The molecule has 0 aliphatic rings. The van der Waals surface area contributed by atoms with E-state index in [0.717, 1.165) is 31.2 Å². The van der Waals surface area contributed by atoms with Crippen LogP contribution < -0.4 is 4.74 Å². The number of methoxy groups -OCH3 is 1. The van der Waals surface area contributed by atoms with E-state index in [0.29, 0.717) is 16.9 Å². The highest BCUT2D eigenvalue weighted by Gasteiger charge is 2.41. The summed E-state index contributed by atoms with van der Waals surface area (Å²) >= 11 is 1.46. The van der Waals surface area contributed by atoms with Gasteiger partial charge in [0, 0.05) is 20.9 Å². The molecule has 0 fully saturated rings. The number of benzene rings is 5. The lowest BCUT2D eigenvalue weighted by atomic mass is 9.99. The molecule has 2 nitrogen and oxygen atoms in total. The summed E-state index contributed by atoms with van der Waals surface area (Å²) in [7, 11) is -5.46. The number of carbonyl (C=O) groups excluding carboxylic acids is 1. The number of alkyl halides is 3. The van der Waals surface area contributed by atoms with Crippen molar-refractivity contribution in [3.05, 3.63) is 144 Å². The molecule has 0 aliphatic carbocycles. The lowest BCUT2D eigenvalue weighted by Crippen LogP contribution is -2.14. The summed E-state index contributed by atoms with van der Waals surface area (Å²) in [5.74, 6) is 0.583. The van der Waals surface area contributed by atoms with Crippen molar-refractivity contribution in [3.8, 4) is 5.75 Å². The number of hydrogen-bond donors (Lipinski definition) is 0. The van der Waals surface area contributed by atoms with Crippen LogP contribution in [0.4, 0.5) is 30.4 Å². The zero-order valence-electron chi connectivity index (χ0n) is 24.4. The van der Waals surface area contributed by atoms with E-state index >= 15 is 0 Å². The molecule has 0 amide bonds. The molecule has 12 heteroatoms. The predicted molar refractivity (Wildman–Crippen MR) is 168 cm³/mol. The van der Waals surface area contributed by atoms with Crippen molar-refractivity contribution in [2.24, 2.45) is 0 Å². The lowest BCUT2D eigenvalue weighted by molar-refractivity contribution is -0.139. The van der Waals surface area contributed by atoms with Gasteiger partial charge in [0.1, 0.15) is 11.3 Å². The first-order chi connectivity index (χ1) is 21.8. The van der Waals surface area contributed by atoms with Gasteiger partial charge in [-0.15, -0.1) is 0 Å². The monoisotopic (exact) mass is 674 g/mol. The summed E-state index contributed by atoms with van der Waals surface area (Å²) in [5, 5.41) is 0. The van der Waals surface area contributed by atoms with Gasteiger partial charge in [0.15, 0.2) is 20.5 Å². The lowest BCUT2D eigenvalue weighted by Gasteiger charge is -2.15. The fourth-order valence-corrected chi connectivity index (χ4v) is 7.75. The third-order valence-electron chi connectivity index (χ3n) is 6.49. The molecule has 0 N–H and O–H groups in total. The van der Waals surface area contributed by atoms with Crippen molar-refractivity contribution in [2.45, 2.75) is 37.6 Å². The van der Waals surface area contributed by atoms with E-state index in [1.807, 2.05) is 79.7 Å². The summed E-state index contributed by atoms with van der Waals surface area (Å²) in [6, 6.07) is 35.4. The molecular formula is C34H26BF7O2S2. The molecule has 238 valence electrons. The topological polar surface area (TPSA) is 26.3 Å². The third kappa shape index (κ3) is 9.20. The molecule has 0 saturated heterocycles. The van der Waals surface area contributed by atoms with E-state index in [2.05, 4.69) is 0 Å². The Morgan fingerprint density at radius 3 is 1.83 bits per heavy atom. The molecule has 5 aromatic rings. The largest absolute Gasteiger partial charge is 0.673 e. The van der Waals surface area contributed by atoms with Crippen LogP contribution in [-0.4, -0.2) is 20.1 Å². The minimum atomic E-state index is -6.00. The molecule has 5 aromatic carbocycles. The Bertz CT molecular complexity index is 1750. The Balaban J connectivity index is 0.000000892. The van der Waals surface area contributed by atoms with Crippen LogP contribution in [0.1, 0.15) is 27.0 Å². The first kappa shape index (κ1) is 34.7. The maximum Gasteiger partial charge on any atom is 0.673 e. The van der Waals surface area contributed by atoms with Gasteiger partial charge in [0.2, 0.25) is 0 Å². The molecule has 1 unspecified atom stereocenters. The van der Waals surface area contributed by atoms with E-state index in [9.17, 15) is 35.2 Å². The van der Waals surface area contributed by atoms with Crippen LogP contribution in [0.3, 0.4) is 0 Å². The number of ether oxygens (including phenoxy) is 1. The zero-order valence-corrected chi connectivity index (χ0v) is 26.0. The van der Waals surface area contributed by atoms with E-state index in [4.69, 9.17) is 4.74 Å². The van der Waals surface area contributed by atoms with Crippen LogP contribution in [-0.2, 0) is 17.1 Å². The highest BCUT2D eigenvalue weighted by atomic mass is 32.2. The van der Waals surface area contributed by atoms with Gasteiger partial charge in [0.25, 0.3) is 0 Å². The van der Waals surface area contributed by atoms with Crippen molar-refractivity contribution < 1.29 is 40.0 Å². The second-order valence-corrected chi connectivity index (χ2v) is 12.8. The quantitative estimate of drug-likeness (QED) is 0.0709. The highest BCUT2D eigenvalue weighted by molar-refractivity contribution is 7.99. The second kappa shape index (κ2) is 15.0. The minimum Gasteiger partial charge on any atom is -0.497 e. The van der Waals surface area contributed by atoms with E-state index in [1.165, 1.54) is 17.8 Å². The highest BCUT2D eigenvalue weighted by Crippen LogP contribution is 2.41. The van der Waals surface area contributed by atoms with Gasteiger partial charge < -0.3 is 22.0 Å². The van der Waals surface area contributed by atoms with Gasteiger partial charge >= 0.3 is 13.4 Å². The zero-order chi connectivity index (χ0) is 33.5. The van der Waals surface area contributed by atoms with Gasteiger partial charge in [-0.25, -0.2) is 0 Å². The SMILES string of the molecule is COc1ccc([S+](c2ccc(Sc3cccc(C)c3C(=O)c3ccccc3)cc2)c2ccccc2C(F)(F)F)cc1.F[B-](F)(F)F. The Hall–Kier alpha value is -4.16. The molecule has 0 radical (unpaired) electrons. The van der Waals surface area contributed by atoms with E-state index < -0.39 is 29.9 Å². The molecule has 1 atom stereocenters. The Labute approximate surface area is 269 Å². The number of carbonyl (C=O) groups is 1. The number of rotatable bonds is 8. The molecule has 46 heavy (non-hydrogen) atoms. The summed E-state index contributed by atoms with van der Waals surface area (Å²) in [6.07, 6.45) is -4.49. The average Bonchev–Trinajstić information content (AvgIpc) is 3.02. The maximum atomic E-state index is 14.1. The summed E-state index contributed by atoms with van der Waals surface area (Å²) in [6.45, 7) is 1.92. The van der Waals surface area contributed by atoms with Crippen molar-refractivity contribution in [2.75, 3.05) is 7.11 Å². The van der Waals surface area contributed by atoms with Gasteiger partial charge in [-0.1, -0.05) is 66.4 Å². The van der Waals surface area contributed by atoms with Crippen molar-refractivity contribution in [1.82, 2.24) is 0 Å². The second-order valence-electron chi connectivity index (χ2n) is 9.69. The van der Waals surface area contributed by atoms with Crippen LogP contribution in [0, 0.1) is 6.92 Å². The Morgan fingerprint density at radius 2 is 1.26 bits per heavy atom. The smallest absolute Gasteiger partial charge is 0.497 e. The fourth-order valence-electron chi connectivity index (χ4n) is 4.50. The third-order valence-corrected chi connectivity index (χ3v) is 9.84. The van der Waals surface area contributed by atoms with Crippen LogP contribution in [0.25, 0.3) is 0 Å². The molecule has 0 saturated carbocycles. The molecule has 5 rings (SSSR count). The first-order valence-electron chi connectivity index (χ1n) is 13.7. The van der Waals surface area contributed by atoms with Gasteiger partial charge in [0.05, 0.1) is 18.0 Å². The standard InChI is InChI=1S/C34H26F3O2S2.BF4/c1-23-9-8-13-30(32(23)33(38)24-10-4-3-5-11-24)40-26-17-21-28(22-18-26)41(27-19-15-25(39-2)16-20-27)31-14-7-6-12-29(31)34(35,36)37;2-1(3,4)5/h3-22H,1-2H3;/q+1;-1. The van der Waals surface area contributed by atoms with Crippen molar-refractivity contribution >= 4 is 35.7 Å². The predicted octanol–water partition coefficient (Wildman–Crippen LogP) is 10.8. The van der Waals surface area contributed by atoms with Crippen molar-refractivity contribution in [1.29, 1.82) is 0 Å². The van der Waals surface area contributed by atoms with Crippen LogP contribution in [0.2, 0.25) is 0 Å². The van der Waals surface area contributed by atoms with E-state index in [1.54, 1.807) is 43.5 Å². The molecule has 0 heterocycles. The molecule has 0 aliphatic heterocycles. The van der Waals surface area contributed by atoms with Crippen LogP contribution in [0.5, 0.6) is 5.75 Å². The van der Waals surface area contributed by atoms with Gasteiger partial charge in [-0.3, -0.25) is 4.79 Å². The molecule has 0 aromatic heterocycles. The maximum absolute atomic E-state index is 14.1. The summed E-state index contributed by atoms with van der Waals surface area (Å²) < 4.78 is 86.5. The molecule has 0 spiro atoms. The summed E-state index contributed by atoms with van der Waals surface area (Å²) in [4.78, 5) is 16.8. The van der Waals surface area contributed by atoms with Crippen LogP contribution >= 0.6 is 11.8 Å². The minimum absolute atomic E-state index is 0.0485. The molecule has 0 bridgehead atoms. The summed E-state index contributed by atoms with van der Waals surface area (Å²) in [5.41, 5.74) is 1.49. The van der Waals surface area contributed by atoms with Gasteiger partial charge in [-0.2, -0.15) is 13.2 Å². The number of aryl methyl sites for hydroxylation is 1. The average molecular weight is 675 g/mol.